The molecule has 5 nitrogen and oxygen atoms in total. The van der Waals surface area contributed by atoms with Gasteiger partial charge in [0.1, 0.15) is 11.5 Å². The SMILES string of the molecule is C=CCN(C)CCCCCCOc1ccc(N(C)C(=O)Oc2ccc(C(F)(F)F)cc2)cc1. The van der Waals surface area contributed by atoms with Gasteiger partial charge in [0.05, 0.1) is 12.2 Å². The van der Waals surface area contributed by atoms with E-state index in [1.54, 1.807) is 24.3 Å². The van der Waals surface area contributed by atoms with Crippen LogP contribution in [0.15, 0.2) is 61.2 Å². The van der Waals surface area contributed by atoms with E-state index >= 15 is 0 Å². The predicted octanol–water partition coefficient (Wildman–Crippen LogP) is 6.40. The molecule has 0 atom stereocenters. The lowest BCUT2D eigenvalue weighted by Gasteiger charge is -2.17. The molecule has 2 aromatic carbocycles. The molecule has 0 heterocycles. The van der Waals surface area contributed by atoms with Gasteiger partial charge in [-0.1, -0.05) is 18.9 Å². The molecular formula is C25H31F3N2O3. The summed E-state index contributed by atoms with van der Waals surface area (Å²) in [6.45, 7) is 6.31. The first kappa shape index (κ1) is 26.3. The molecule has 0 saturated heterocycles. The lowest BCUT2D eigenvalue weighted by molar-refractivity contribution is -0.137. The van der Waals surface area contributed by atoms with Gasteiger partial charge in [-0.15, -0.1) is 6.58 Å². The number of amides is 1. The Kier molecular flexibility index (Phi) is 10.3. The first-order chi connectivity index (χ1) is 15.7. The number of ether oxygens (including phenoxy) is 2. The van der Waals surface area contributed by atoms with Crippen LogP contribution in [0.2, 0.25) is 0 Å². The Bertz CT molecular complexity index is 868. The molecule has 0 spiro atoms. The molecule has 180 valence electrons. The van der Waals surface area contributed by atoms with Gasteiger partial charge in [0, 0.05) is 19.3 Å². The van der Waals surface area contributed by atoms with E-state index in [1.165, 1.54) is 11.9 Å². The Morgan fingerprint density at radius 1 is 0.939 bits per heavy atom. The Hall–Kier alpha value is -3.00. The van der Waals surface area contributed by atoms with Crippen LogP contribution in [0.3, 0.4) is 0 Å². The van der Waals surface area contributed by atoms with Crippen molar-refractivity contribution in [2.45, 2.75) is 31.9 Å². The predicted molar refractivity (Wildman–Crippen MR) is 124 cm³/mol. The number of anilines is 1. The number of hydrogen-bond donors (Lipinski definition) is 0. The van der Waals surface area contributed by atoms with Crippen LogP contribution in [0, 0.1) is 0 Å². The number of nitrogens with zero attached hydrogens (tertiary/aromatic N) is 2. The maximum Gasteiger partial charge on any atom is 0.419 e. The summed E-state index contributed by atoms with van der Waals surface area (Å²) in [7, 11) is 3.61. The number of carbonyl (C=O) groups is 1. The van der Waals surface area contributed by atoms with E-state index < -0.39 is 17.8 Å². The monoisotopic (exact) mass is 464 g/mol. The highest BCUT2D eigenvalue weighted by Crippen LogP contribution is 2.30. The molecule has 0 saturated carbocycles. The average molecular weight is 465 g/mol. The van der Waals surface area contributed by atoms with Crippen LogP contribution in [0.5, 0.6) is 11.5 Å². The summed E-state index contributed by atoms with van der Waals surface area (Å²) in [6, 6.07) is 10.9. The third kappa shape index (κ3) is 9.18. The van der Waals surface area contributed by atoms with E-state index in [9.17, 15) is 18.0 Å². The molecule has 0 fully saturated rings. The zero-order valence-corrected chi connectivity index (χ0v) is 19.1. The third-order valence-electron chi connectivity index (χ3n) is 5.03. The van der Waals surface area contributed by atoms with Gasteiger partial charge < -0.3 is 14.4 Å². The van der Waals surface area contributed by atoms with Gasteiger partial charge in [-0.25, -0.2) is 4.79 Å². The van der Waals surface area contributed by atoms with Crippen molar-refractivity contribution in [1.82, 2.24) is 4.90 Å². The highest BCUT2D eigenvalue weighted by molar-refractivity contribution is 5.88. The first-order valence-corrected chi connectivity index (χ1v) is 10.9. The van der Waals surface area contributed by atoms with Crippen LogP contribution in [0.25, 0.3) is 0 Å². The molecular weight excluding hydrogens is 433 g/mol. The largest absolute Gasteiger partial charge is 0.494 e. The van der Waals surface area contributed by atoms with Crippen molar-refractivity contribution in [3.63, 3.8) is 0 Å². The van der Waals surface area contributed by atoms with Gasteiger partial charge in [-0.3, -0.25) is 4.90 Å². The van der Waals surface area contributed by atoms with Crippen LogP contribution < -0.4 is 14.4 Å². The van der Waals surface area contributed by atoms with Gasteiger partial charge in [0.15, 0.2) is 0 Å². The smallest absolute Gasteiger partial charge is 0.419 e. The van der Waals surface area contributed by atoms with Crippen molar-refractivity contribution >= 4 is 11.8 Å². The lowest BCUT2D eigenvalue weighted by Crippen LogP contribution is -2.29. The number of halogens is 3. The van der Waals surface area contributed by atoms with Crippen molar-refractivity contribution in [1.29, 1.82) is 0 Å². The molecule has 0 aliphatic heterocycles. The fraction of sp³-hybridized carbons (Fsp3) is 0.400. The third-order valence-corrected chi connectivity index (χ3v) is 5.03. The summed E-state index contributed by atoms with van der Waals surface area (Å²) in [5, 5.41) is 0. The van der Waals surface area contributed by atoms with Crippen LogP contribution in [0.1, 0.15) is 31.2 Å². The van der Waals surface area contributed by atoms with Gasteiger partial charge in [-0.05, 0) is 75.0 Å². The van der Waals surface area contributed by atoms with Gasteiger partial charge in [0.2, 0.25) is 0 Å². The molecule has 0 aliphatic rings. The van der Waals surface area contributed by atoms with Crippen LogP contribution in [-0.2, 0) is 6.18 Å². The van der Waals surface area contributed by atoms with E-state index in [1.807, 2.05) is 6.08 Å². The fourth-order valence-corrected chi connectivity index (χ4v) is 3.09. The van der Waals surface area contributed by atoms with Gasteiger partial charge in [0.25, 0.3) is 0 Å². The standard InChI is InChI=1S/C25H31F3N2O3/c1-4-17-29(2)18-7-5-6-8-19-32-22-15-11-21(12-16-22)30(3)24(31)33-23-13-9-20(10-14-23)25(26,27)28/h4,9-16H,1,5-8,17-19H2,2-3H3. The first-order valence-electron chi connectivity index (χ1n) is 10.9. The molecule has 33 heavy (non-hydrogen) atoms. The molecule has 0 radical (unpaired) electrons. The second kappa shape index (κ2) is 12.9. The molecule has 0 bridgehead atoms. The normalized spacial score (nSPS) is 11.3. The summed E-state index contributed by atoms with van der Waals surface area (Å²) < 4.78 is 48.8. The summed E-state index contributed by atoms with van der Waals surface area (Å²) in [6.07, 6.45) is 1.11. The summed E-state index contributed by atoms with van der Waals surface area (Å²) in [5.41, 5.74) is -0.231. The lowest BCUT2D eigenvalue weighted by atomic mass is 10.2. The van der Waals surface area contributed by atoms with E-state index in [0.29, 0.717) is 18.0 Å². The Labute approximate surface area is 193 Å². The molecule has 0 N–H and O–H groups in total. The highest BCUT2D eigenvalue weighted by atomic mass is 19.4. The fourth-order valence-electron chi connectivity index (χ4n) is 3.09. The highest BCUT2D eigenvalue weighted by Gasteiger charge is 2.30. The number of benzene rings is 2. The molecule has 0 unspecified atom stereocenters. The topological polar surface area (TPSA) is 42.0 Å². The second-order valence-electron chi connectivity index (χ2n) is 7.76. The molecule has 2 rings (SSSR count). The van der Waals surface area contributed by atoms with Gasteiger partial charge >= 0.3 is 12.3 Å². The molecule has 1 amide bonds. The van der Waals surface area contributed by atoms with E-state index in [2.05, 4.69) is 18.5 Å². The molecule has 0 aromatic heterocycles. The minimum atomic E-state index is -4.44. The minimum Gasteiger partial charge on any atom is -0.494 e. The Morgan fingerprint density at radius 2 is 1.55 bits per heavy atom. The summed E-state index contributed by atoms with van der Waals surface area (Å²) in [5.74, 6) is 0.737. The molecule has 0 aliphatic carbocycles. The van der Waals surface area contributed by atoms with Crippen molar-refractivity contribution in [2.24, 2.45) is 0 Å². The molecule has 2 aromatic rings. The number of hydrogen-bond acceptors (Lipinski definition) is 4. The zero-order valence-electron chi connectivity index (χ0n) is 19.1. The summed E-state index contributed by atoms with van der Waals surface area (Å²) in [4.78, 5) is 15.8. The number of unbranched alkanes of at least 4 members (excludes halogenated alkanes) is 3. The van der Waals surface area contributed by atoms with Crippen LogP contribution in [0.4, 0.5) is 23.7 Å². The van der Waals surface area contributed by atoms with Crippen molar-refractivity contribution in [2.75, 3.05) is 38.7 Å². The van der Waals surface area contributed by atoms with E-state index in [-0.39, 0.29) is 5.75 Å². The van der Waals surface area contributed by atoms with Crippen molar-refractivity contribution in [3.8, 4) is 11.5 Å². The number of rotatable bonds is 12. The number of likely N-dealkylation sites (N-methyl/N-ethyl adjacent to an activating group) is 1. The summed E-state index contributed by atoms with van der Waals surface area (Å²) >= 11 is 0. The maximum atomic E-state index is 12.6. The minimum absolute atomic E-state index is 0.0344. The number of alkyl halides is 3. The van der Waals surface area contributed by atoms with Crippen LogP contribution in [-0.4, -0.2) is 44.8 Å². The maximum absolute atomic E-state index is 12.6. The Morgan fingerprint density at radius 3 is 2.15 bits per heavy atom. The van der Waals surface area contributed by atoms with Crippen molar-refractivity contribution in [3.05, 3.63) is 66.7 Å². The zero-order chi connectivity index (χ0) is 24.3. The second-order valence-corrected chi connectivity index (χ2v) is 7.76. The van der Waals surface area contributed by atoms with Crippen LogP contribution >= 0.6 is 0 Å². The van der Waals surface area contributed by atoms with Gasteiger partial charge in [-0.2, -0.15) is 13.2 Å². The molecule has 8 heteroatoms. The quantitative estimate of drug-likeness (QED) is 0.269. The van der Waals surface area contributed by atoms with E-state index in [0.717, 1.165) is 63.0 Å². The average Bonchev–Trinajstić information content (AvgIpc) is 2.78. The van der Waals surface area contributed by atoms with Crippen molar-refractivity contribution < 1.29 is 27.4 Å². The number of carbonyl (C=O) groups excluding carboxylic acids is 1. The van der Waals surface area contributed by atoms with E-state index in [4.69, 9.17) is 9.47 Å². The Balaban J connectivity index is 1.72.